The predicted molar refractivity (Wildman–Crippen MR) is 163 cm³/mol. The third-order valence-electron chi connectivity index (χ3n) is 7.45. The molecule has 0 saturated carbocycles. The Hall–Kier alpha value is -4.02. The molecule has 1 saturated heterocycles. The summed E-state index contributed by atoms with van der Waals surface area (Å²) >= 11 is 0. The van der Waals surface area contributed by atoms with Gasteiger partial charge in [-0.3, -0.25) is 4.79 Å². The fourth-order valence-corrected chi connectivity index (χ4v) is 5.35. The summed E-state index contributed by atoms with van der Waals surface area (Å²) in [7, 11) is 6.16. The van der Waals surface area contributed by atoms with Crippen molar-refractivity contribution in [2.75, 3.05) is 56.5 Å². The lowest BCUT2D eigenvalue weighted by Gasteiger charge is -2.30. The summed E-state index contributed by atoms with van der Waals surface area (Å²) < 4.78 is 33.3. The molecule has 3 aromatic carbocycles. The maximum atomic E-state index is 13.7. The van der Waals surface area contributed by atoms with Crippen molar-refractivity contribution < 1.29 is 18.3 Å². The predicted octanol–water partition coefficient (Wildman–Crippen LogP) is 5.62. The smallest absolute Gasteiger partial charge is 0.273 e. The highest BCUT2D eigenvalue weighted by Gasteiger charge is 2.22. The number of ether oxygens (including phenoxy) is 1. The summed E-state index contributed by atoms with van der Waals surface area (Å²) in [5.41, 5.74) is 7.21. The molecule has 1 atom stereocenters. The van der Waals surface area contributed by atoms with Crippen LogP contribution in [0.2, 0.25) is 0 Å². The lowest BCUT2D eigenvalue weighted by Crippen LogP contribution is -2.32. The first-order valence-corrected chi connectivity index (χ1v) is 14.4. The molecule has 222 valence electrons. The van der Waals surface area contributed by atoms with Gasteiger partial charge in [0.2, 0.25) is 0 Å². The zero-order valence-electron chi connectivity index (χ0n) is 24.4. The number of benzene rings is 3. The van der Waals surface area contributed by atoms with Gasteiger partial charge in [-0.15, -0.1) is 0 Å². The Morgan fingerprint density at radius 1 is 1.02 bits per heavy atom. The number of hydrogen-bond donors (Lipinski definition) is 2. The molecule has 8 nitrogen and oxygen atoms in total. The van der Waals surface area contributed by atoms with E-state index in [-0.39, 0.29) is 12.1 Å². The largest absolute Gasteiger partial charge is 0.373 e. The lowest BCUT2D eigenvalue weighted by molar-refractivity contribution is 0.0343. The van der Waals surface area contributed by atoms with Gasteiger partial charge in [-0.05, 0) is 100 Å². The van der Waals surface area contributed by atoms with Crippen LogP contribution in [0.25, 0.3) is 10.9 Å². The number of para-hydroxylation sites is 1. The van der Waals surface area contributed by atoms with E-state index in [9.17, 15) is 13.6 Å². The summed E-state index contributed by atoms with van der Waals surface area (Å²) in [5.74, 6) is -1.51. The molecule has 1 aliphatic heterocycles. The fourth-order valence-electron chi connectivity index (χ4n) is 5.35. The number of carbonyl (C=O) groups excluding carboxylic acids is 1. The van der Waals surface area contributed by atoms with Gasteiger partial charge in [-0.1, -0.05) is 12.1 Å². The zero-order chi connectivity index (χ0) is 29.6. The van der Waals surface area contributed by atoms with E-state index in [4.69, 9.17) is 4.74 Å². The monoisotopic (exact) mass is 576 g/mol. The van der Waals surface area contributed by atoms with E-state index >= 15 is 0 Å². The average Bonchev–Trinajstić information content (AvgIpc) is 3.34. The molecule has 1 aliphatic rings. The number of carbonyl (C=O) groups is 1. The van der Waals surface area contributed by atoms with Crippen LogP contribution in [0.4, 0.5) is 20.2 Å². The number of nitrogens with one attached hydrogen (secondary N) is 2. The second-order valence-electron chi connectivity index (χ2n) is 11.1. The van der Waals surface area contributed by atoms with Gasteiger partial charge in [-0.2, -0.15) is 9.89 Å². The number of anilines is 2. The first-order chi connectivity index (χ1) is 20.3. The van der Waals surface area contributed by atoms with Crippen LogP contribution in [0.3, 0.4) is 0 Å². The minimum atomic E-state index is -0.602. The van der Waals surface area contributed by atoms with Gasteiger partial charge in [0, 0.05) is 31.7 Å². The van der Waals surface area contributed by atoms with Gasteiger partial charge < -0.3 is 19.9 Å². The minimum absolute atomic E-state index is 0.169. The van der Waals surface area contributed by atoms with Crippen LogP contribution in [0.5, 0.6) is 0 Å². The first-order valence-electron chi connectivity index (χ1n) is 14.4. The number of rotatable bonds is 11. The second-order valence-corrected chi connectivity index (χ2v) is 11.1. The first kappa shape index (κ1) is 29.5. The molecule has 2 N–H and O–H groups in total. The van der Waals surface area contributed by atoms with Crippen molar-refractivity contribution in [2.24, 2.45) is 0 Å². The van der Waals surface area contributed by atoms with E-state index in [0.29, 0.717) is 29.7 Å². The standard InChI is InChI=1S/C32H38F2N6O2/c1-38(2)13-7-14-39(3)29-9-6-8-27(31(29)36-30-10-4-5-15-42-30)32(41)37-40-28-12-11-22(17-24(28)21-35-40)16-23-18-25(33)20-26(34)19-23/h6,8-9,11-12,17-21,30,36H,4-5,7,10,13-16H2,1-3H3,(H,37,41). The number of fused-ring (bicyclic) bond motifs is 1. The Morgan fingerprint density at radius 2 is 1.83 bits per heavy atom. The Bertz CT molecular complexity index is 1510. The molecule has 0 radical (unpaired) electrons. The van der Waals surface area contributed by atoms with Gasteiger partial charge in [0.1, 0.15) is 17.9 Å². The quantitative estimate of drug-likeness (QED) is 0.242. The molecule has 2 heterocycles. The molecule has 4 aromatic rings. The molecule has 1 unspecified atom stereocenters. The van der Waals surface area contributed by atoms with Crippen LogP contribution in [-0.2, 0) is 11.2 Å². The maximum absolute atomic E-state index is 13.7. The molecule has 5 rings (SSSR count). The van der Waals surface area contributed by atoms with Crippen molar-refractivity contribution in [1.82, 2.24) is 14.8 Å². The Morgan fingerprint density at radius 3 is 2.57 bits per heavy atom. The number of halogens is 2. The van der Waals surface area contributed by atoms with E-state index in [2.05, 4.69) is 39.7 Å². The van der Waals surface area contributed by atoms with Gasteiger partial charge in [-0.25, -0.2) is 14.2 Å². The van der Waals surface area contributed by atoms with Crippen LogP contribution in [-0.4, -0.2) is 67.8 Å². The SMILES string of the molecule is CN(C)CCCN(C)c1cccc(C(=O)Nn2ncc3cc(Cc4cc(F)cc(F)c4)ccc32)c1NC1CCCCO1. The van der Waals surface area contributed by atoms with Crippen molar-refractivity contribution in [3.05, 3.63) is 89.1 Å². The van der Waals surface area contributed by atoms with Crippen molar-refractivity contribution in [3.63, 3.8) is 0 Å². The number of amides is 1. The molecule has 42 heavy (non-hydrogen) atoms. The third kappa shape index (κ3) is 7.24. The van der Waals surface area contributed by atoms with Gasteiger partial charge in [0.05, 0.1) is 28.7 Å². The van der Waals surface area contributed by atoms with Crippen LogP contribution < -0.4 is 15.6 Å². The highest BCUT2D eigenvalue weighted by Crippen LogP contribution is 2.32. The highest BCUT2D eigenvalue weighted by molar-refractivity contribution is 6.07. The van der Waals surface area contributed by atoms with Crippen molar-refractivity contribution in [1.29, 1.82) is 0 Å². The van der Waals surface area contributed by atoms with E-state index in [0.717, 1.165) is 67.2 Å². The van der Waals surface area contributed by atoms with Crippen LogP contribution in [0.15, 0.2) is 60.8 Å². The van der Waals surface area contributed by atoms with Crippen molar-refractivity contribution in [2.45, 2.75) is 38.3 Å². The van der Waals surface area contributed by atoms with Gasteiger partial charge in [0.25, 0.3) is 5.91 Å². The zero-order valence-corrected chi connectivity index (χ0v) is 24.4. The molecule has 0 spiro atoms. The van der Waals surface area contributed by atoms with Crippen LogP contribution in [0.1, 0.15) is 47.2 Å². The normalized spacial score (nSPS) is 15.2. The highest BCUT2D eigenvalue weighted by atomic mass is 19.1. The molecule has 10 heteroatoms. The molecular weight excluding hydrogens is 538 g/mol. The summed E-state index contributed by atoms with van der Waals surface area (Å²) in [5, 5.41) is 8.72. The van der Waals surface area contributed by atoms with Gasteiger partial charge in [0.15, 0.2) is 0 Å². The number of aromatic nitrogens is 2. The van der Waals surface area contributed by atoms with E-state index in [1.165, 1.54) is 16.9 Å². The van der Waals surface area contributed by atoms with E-state index in [1.807, 2.05) is 37.4 Å². The summed E-state index contributed by atoms with van der Waals surface area (Å²) in [6, 6.07) is 14.9. The molecular formula is C32H38F2N6O2. The Labute approximate surface area is 245 Å². The maximum Gasteiger partial charge on any atom is 0.273 e. The topological polar surface area (TPSA) is 74.7 Å². The summed E-state index contributed by atoms with van der Waals surface area (Å²) in [4.78, 5) is 19.5. The lowest BCUT2D eigenvalue weighted by atomic mass is 10.0. The van der Waals surface area contributed by atoms with Crippen LogP contribution in [0, 0.1) is 11.6 Å². The Kier molecular flexibility index (Phi) is 9.34. The van der Waals surface area contributed by atoms with E-state index < -0.39 is 11.6 Å². The molecule has 0 aliphatic carbocycles. The molecule has 0 bridgehead atoms. The van der Waals surface area contributed by atoms with Gasteiger partial charge >= 0.3 is 0 Å². The number of hydrogen-bond acceptors (Lipinski definition) is 6. The van der Waals surface area contributed by atoms with Crippen molar-refractivity contribution >= 4 is 28.2 Å². The Balaban J connectivity index is 1.38. The second kappa shape index (κ2) is 13.3. The van der Waals surface area contributed by atoms with Crippen molar-refractivity contribution in [3.8, 4) is 0 Å². The summed E-state index contributed by atoms with van der Waals surface area (Å²) in [6.07, 6.45) is 5.81. The third-order valence-corrected chi connectivity index (χ3v) is 7.45. The summed E-state index contributed by atoms with van der Waals surface area (Å²) in [6.45, 7) is 2.49. The average molecular weight is 577 g/mol. The van der Waals surface area contributed by atoms with Crippen LogP contribution >= 0.6 is 0 Å². The fraction of sp³-hybridized carbons (Fsp3) is 0.375. The number of nitrogens with zero attached hydrogens (tertiary/aromatic N) is 4. The molecule has 1 aromatic heterocycles. The molecule has 1 amide bonds. The molecule has 1 fully saturated rings. The minimum Gasteiger partial charge on any atom is -0.373 e. The van der Waals surface area contributed by atoms with E-state index in [1.54, 1.807) is 12.3 Å².